The Bertz CT molecular complexity index is 1730. The van der Waals surface area contributed by atoms with Gasteiger partial charge in [-0.15, -0.1) is 0 Å². The standard InChI is InChI=1S/C33H29ClN2O4S/c34-27-10-6-9-25(20-27)22-36-29-21-26(13-14-31(29)41(39,40)30-12-5-4-11-28(30)33(36)38)32(37)35-17-15-24(16-18-35)19-23-7-2-1-3-8-23/h1-14,20-21,24H,15-19,22H2. The zero-order valence-corrected chi connectivity index (χ0v) is 23.9. The first-order valence-corrected chi connectivity index (χ1v) is 15.5. The van der Waals surface area contributed by atoms with Crippen LogP contribution in [0, 0.1) is 5.92 Å². The number of carbonyl (C=O) groups excluding carboxylic acids is 2. The van der Waals surface area contributed by atoms with E-state index in [1.807, 2.05) is 29.2 Å². The monoisotopic (exact) mass is 584 g/mol. The van der Waals surface area contributed by atoms with Gasteiger partial charge in [0.2, 0.25) is 9.84 Å². The van der Waals surface area contributed by atoms with Crippen molar-refractivity contribution in [1.82, 2.24) is 4.90 Å². The Hall–Kier alpha value is -3.94. The zero-order valence-electron chi connectivity index (χ0n) is 22.4. The van der Waals surface area contributed by atoms with Crippen molar-refractivity contribution < 1.29 is 18.0 Å². The number of hydrogen-bond donors (Lipinski definition) is 0. The molecular weight excluding hydrogens is 556 g/mol. The number of sulfone groups is 1. The number of piperidine rings is 1. The Morgan fingerprint density at radius 2 is 1.51 bits per heavy atom. The number of carbonyl (C=O) groups is 2. The van der Waals surface area contributed by atoms with Crippen LogP contribution in [0.5, 0.6) is 0 Å². The maximum absolute atomic E-state index is 13.9. The van der Waals surface area contributed by atoms with E-state index in [9.17, 15) is 18.0 Å². The Kier molecular flexibility index (Phi) is 7.41. The highest BCUT2D eigenvalue weighted by molar-refractivity contribution is 7.91. The highest BCUT2D eigenvalue weighted by Crippen LogP contribution is 2.38. The van der Waals surface area contributed by atoms with Gasteiger partial charge in [0.1, 0.15) is 0 Å². The summed E-state index contributed by atoms with van der Waals surface area (Å²) >= 11 is 6.22. The first kappa shape index (κ1) is 27.2. The van der Waals surface area contributed by atoms with Crippen molar-refractivity contribution in [3.8, 4) is 0 Å². The molecule has 2 aliphatic rings. The lowest BCUT2D eigenvalue weighted by molar-refractivity contribution is 0.0690. The predicted molar refractivity (Wildman–Crippen MR) is 159 cm³/mol. The zero-order chi connectivity index (χ0) is 28.6. The molecule has 0 N–H and O–H groups in total. The first-order chi connectivity index (χ1) is 19.8. The third kappa shape index (κ3) is 5.39. The van der Waals surface area contributed by atoms with Crippen molar-refractivity contribution in [2.24, 2.45) is 5.92 Å². The fourth-order valence-corrected chi connectivity index (χ4v) is 7.63. The van der Waals surface area contributed by atoms with Crippen molar-refractivity contribution in [1.29, 1.82) is 0 Å². The molecule has 2 heterocycles. The van der Waals surface area contributed by atoms with Crippen molar-refractivity contribution in [3.63, 3.8) is 0 Å². The molecule has 0 saturated carbocycles. The average Bonchev–Trinajstić information content (AvgIpc) is 3.05. The van der Waals surface area contributed by atoms with E-state index in [1.165, 1.54) is 28.7 Å². The number of rotatable bonds is 5. The molecule has 2 aliphatic heterocycles. The molecule has 4 aromatic rings. The predicted octanol–water partition coefficient (Wildman–Crippen LogP) is 6.43. The topological polar surface area (TPSA) is 74.8 Å². The molecule has 6 rings (SSSR count). The Morgan fingerprint density at radius 3 is 2.27 bits per heavy atom. The molecule has 208 valence electrons. The van der Waals surface area contributed by atoms with Crippen LogP contribution < -0.4 is 4.90 Å². The Morgan fingerprint density at radius 1 is 0.805 bits per heavy atom. The number of fused-ring (bicyclic) bond motifs is 2. The van der Waals surface area contributed by atoms with Crippen LogP contribution in [0.3, 0.4) is 0 Å². The normalized spacial score (nSPS) is 16.6. The number of hydrogen-bond acceptors (Lipinski definition) is 4. The molecule has 0 atom stereocenters. The van der Waals surface area contributed by atoms with E-state index in [1.54, 1.807) is 42.5 Å². The minimum Gasteiger partial charge on any atom is -0.339 e. The van der Waals surface area contributed by atoms with Crippen LogP contribution in [-0.4, -0.2) is 38.2 Å². The van der Waals surface area contributed by atoms with Gasteiger partial charge < -0.3 is 9.80 Å². The number of likely N-dealkylation sites (tertiary alicyclic amines) is 1. The quantitative estimate of drug-likeness (QED) is 0.271. The summed E-state index contributed by atoms with van der Waals surface area (Å²) in [4.78, 5) is 30.8. The molecule has 0 aliphatic carbocycles. The fraction of sp³-hybridized carbons (Fsp3) is 0.212. The van der Waals surface area contributed by atoms with E-state index < -0.39 is 15.7 Å². The van der Waals surface area contributed by atoms with E-state index in [0.717, 1.165) is 24.8 Å². The van der Waals surface area contributed by atoms with Gasteiger partial charge in [0.15, 0.2) is 0 Å². The van der Waals surface area contributed by atoms with Gasteiger partial charge in [-0.25, -0.2) is 8.42 Å². The van der Waals surface area contributed by atoms with Gasteiger partial charge in [0.05, 0.1) is 27.6 Å². The number of anilines is 1. The van der Waals surface area contributed by atoms with Crippen LogP contribution in [0.1, 0.15) is 44.7 Å². The van der Waals surface area contributed by atoms with Gasteiger partial charge in [0, 0.05) is 23.7 Å². The molecule has 0 bridgehead atoms. The molecule has 1 fully saturated rings. The molecule has 0 aromatic heterocycles. The van der Waals surface area contributed by atoms with Crippen molar-refractivity contribution >= 4 is 38.9 Å². The van der Waals surface area contributed by atoms with E-state index in [4.69, 9.17) is 11.6 Å². The molecule has 4 aromatic carbocycles. The van der Waals surface area contributed by atoms with Crippen LogP contribution >= 0.6 is 11.6 Å². The molecule has 1 saturated heterocycles. The van der Waals surface area contributed by atoms with Crippen LogP contribution in [0.4, 0.5) is 5.69 Å². The van der Waals surface area contributed by atoms with E-state index >= 15 is 0 Å². The summed E-state index contributed by atoms with van der Waals surface area (Å²) < 4.78 is 27.6. The summed E-state index contributed by atoms with van der Waals surface area (Å²) in [5.74, 6) is -0.113. The fourth-order valence-electron chi connectivity index (χ4n) is 5.78. The van der Waals surface area contributed by atoms with Crippen molar-refractivity contribution in [2.75, 3.05) is 18.0 Å². The van der Waals surface area contributed by atoms with E-state index in [2.05, 4.69) is 12.1 Å². The summed E-state index contributed by atoms with van der Waals surface area (Å²) in [6.45, 7) is 1.35. The van der Waals surface area contributed by atoms with Crippen LogP contribution in [0.25, 0.3) is 0 Å². The van der Waals surface area contributed by atoms with E-state index in [-0.39, 0.29) is 33.5 Å². The number of amides is 2. The van der Waals surface area contributed by atoms with Crippen molar-refractivity contribution in [2.45, 2.75) is 35.6 Å². The van der Waals surface area contributed by atoms with Gasteiger partial charge in [-0.3, -0.25) is 9.59 Å². The highest BCUT2D eigenvalue weighted by Gasteiger charge is 2.36. The summed E-state index contributed by atoms with van der Waals surface area (Å²) in [5.41, 5.74) is 2.69. The third-order valence-corrected chi connectivity index (χ3v) is 10.0. The summed E-state index contributed by atoms with van der Waals surface area (Å²) in [6, 6.07) is 28.3. The Balaban J connectivity index is 1.32. The summed E-state index contributed by atoms with van der Waals surface area (Å²) in [5, 5.41) is 0.512. The molecule has 0 spiro atoms. The molecule has 0 radical (unpaired) electrons. The highest BCUT2D eigenvalue weighted by atomic mass is 35.5. The average molecular weight is 585 g/mol. The van der Waals surface area contributed by atoms with Crippen LogP contribution in [0.15, 0.2) is 107 Å². The summed E-state index contributed by atoms with van der Waals surface area (Å²) in [7, 11) is -4.02. The van der Waals surface area contributed by atoms with Crippen LogP contribution in [0.2, 0.25) is 5.02 Å². The Labute approximate surface area is 245 Å². The lowest BCUT2D eigenvalue weighted by Gasteiger charge is -2.32. The number of nitrogens with zero attached hydrogens (tertiary/aromatic N) is 2. The number of benzene rings is 4. The molecule has 8 heteroatoms. The molecule has 2 amide bonds. The van der Waals surface area contributed by atoms with Crippen molar-refractivity contribution in [3.05, 3.63) is 124 Å². The van der Waals surface area contributed by atoms with Gasteiger partial charge in [-0.2, -0.15) is 0 Å². The summed E-state index contributed by atoms with van der Waals surface area (Å²) in [6.07, 6.45) is 2.78. The molecular formula is C33H29ClN2O4S. The maximum atomic E-state index is 13.9. The maximum Gasteiger partial charge on any atom is 0.259 e. The van der Waals surface area contributed by atoms with Gasteiger partial charge >= 0.3 is 0 Å². The first-order valence-electron chi connectivity index (χ1n) is 13.7. The lowest BCUT2D eigenvalue weighted by atomic mass is 9.90. The smallest absolute Gasteiger partial charge is 0.259 e. The molecule has 6 nitrogen and oxygen atoms in total. The lowest BCUT2D eigenvalue weighted by Crippen LogP contribution is -2.39. The number of halogens is 1. The van der Waals surface area contributed by atoms with Gasteiger partial charge in [0.25, 0.3) is 11.8 Å². The minimum absolute atomic E-state index is 0.00375. The second-order valence-electron chi connectivity index (χ2n) is 10.6. The third-order valence-electron chi connectivity index (χ3n) is 7.94. The van der Waals surface area contributed by atoms with Gasteiger partial charge in [-0.1, -0.05) is 66.2 Å². The van der Waals surface area contributed by atoms with Crippen LogP contribution in [-0.2, 0) is 22.8 Å². The SMILES string of the molecule is O=C(c1ccc2c(c1)N(Cc1cccc(Cl)c1)C(=O)c1ccccc1S2(=O)=O)N1CCC(Cc2ccccc2)CC1. The molecule has 41 heavy (non-hydrogen) atoms. The largest absolute Gasteiger partial charge is 0.339 e. The van der Waals surface area contributed by atoms with Gasteiger partial charge in [-0.05, 0) is 78.8 Å². The second kappa shape index (κ2) is 11.1. The molecule has 0 unspecified atom stereocenters. The second-order valence-corrected chi connectivity index (χ2v) is 13.0. The minimum atomic E-state index is -4.02. The van der Waals surface area contributed by atoms with E-state index in [0.29, 0.717) is 29.6 Å².